The Labute approximate surface area is 54.9 Å². The summed E-state index contributed by atoms with van der Waals surface area (Å²) in [5.41, 5.74) is 0. The highest BCUT2D eigenvalue weighted by molar-refractivity contribution is 7.92. The highest BCUT2D eigenvalue weighted by Gasteiger charge is 2.40. The lowest BCUT2D eigenvalue weighted by molar-refractivity contribution is 0.187. The molecule has 4 heteroatoms. The lowest BCUT2D eigenvalue weighted by Crippen LogP contribution is -2.29. The van der Waals surface area contributed by atoms with Crippen LogP contribution >= 0.6 is 0 Å². The zero-order chi connectivity index (χ0) is 7.12. The molecule has 54 valence electrons. The maximum atomic E-state index is 11.0. The lowest BCUT2D eigenvalue weighted by Gasteiger charge is -2.11. The first-order chi connectivity index (χ1) is 3.96. The van der Waals surface area contributed by atoms with Crippen LogP contribution in [0.25, 0.3) is 0 Å². The summed E-state index contributed by atoms with van der Waals surface area (Å²) in [6, 6.07) is 0. The predicted octanol–water partition coefficient (Wildman–Crippen LogP) is 0.167. The number of sulfone groups is 1. The smallest absolute Gasteiger partial charge is 0.181 e. The highest BCUT2D eigenvalue weighted by atomic mass is 32.2. The average molecular weight is 150 g/mol. The van der Waals surface area contributed by atoms with Gasteiger partial charge in [-0.1, -0.05) is 0 Å². The Hall–Kier alpha value is -0.0900. The molecule has 9 heavy (non-hydrogen) atoms. The van der Waals surface area contributed by atoms with Gasteiger partial charge in [-0.3, -0.25) is 0 Å². The minimum atomic E-state index is -2.95. The molecule has 1 saturated heterocycles. The van der Waals surface area contributed by atoms with Gasteiger partial charge in [0.25, 0.3) is 0 Å². The number of ether oxygens (including phenoxy) is 1. The van der Waals surface area contributed by atoms with Gasteiger partial charge < -0.3 is 4.74 Å². The van der Waals surface area contributed by atoms with Gasteiger partial charge in [0.1, 0.15) is 5.94 Å². The van der Waals surface area contributed by atoms with Crippen LogP contribution in [-0.4, -0.2) is 25.7 Å². The highest BCUT2D eigenvalue weighted by Crippen LogP contribution is 2.23. The van der Waals surface area contributed by atoms with Gasteiger partial charge in [0.05, 0.1) is 11.4 Å². The second-order valence-corrected chi connectivity index (χ2v) is 5.41. The minimum absolute atomic E-state index is 0.111. The van der Waals surface area contributed by atoms with Crippen molar-refractivity contribution in [2.24, 2.45) is 0 Å². The molecule has 0 aromatic rings. The van der Waals surface area contributed by atoms with Crippen LogP contribution in [0.2, 0.25) is 0 Å². The number of hydrogen-bond acceptors (Lipinski definition) is 3. The van der Waals surface area contributed by atoms with E-state index in [2.05, 4.69) is 0 Å². The minimum Gasteiger partial charge on any atom is -0.364 e. The third-order valence-electron chi connectivity index (χ3n) is 1.53. The molecule has 0 N–H and O–H groups in total. The molecule has 3 nitrogen and oxygen atoms in total. The van der Waals surface area contributed by atoms with E-state index >= 15 is 0 Å². The van der Waals surface area contributed by atoms with Gasteiger partial charge in [0.2, 0.25) is 0 Å². The Kier molecular flexibility index (Phi) is 1.33. The van der Waals surface area contributed by atoms with Crippen LogP contribution in [-0.2, 0) is 14.6 Å². The van der Waals surface area contributed by atoms with Crippen molar-refractivity contribution in [1.29, 1.82) is 0 Å². The molecular weight excluding hydrogens is 140 g/mol. The molecule has 1 aliphatic rings. The number of rotatable bonds is 0. The Morgan fingerprint density at radius 3 is 2.11 bits per heavy atom. The molecule has 0 radical (unpaired) electrons. The van der Waals surface area contributed by atoms with Crippen molar-refractivity contribution in [2.45, 2.75) is 18.6 Å². The molecule has 0 aromatic carbocycles. The zero-order valence-electron chi connectivity index (χ0n) is 5.55. The van der Waals surface area contributed by atoms with Crippen LogP contribution < -0.4 is 0 Å². The molecule has 0 spiro atoms. The van der Waals surface area contributed by atoms with Crippen LogP contribution in [0.4, 0.5) is 0 Å². The van der Waals surface area contributed by atoms with Gasteiger partial charge in [0.15, 0.2) is 9.84 Å². The SMILES string of the molecule is CC1(C)COCS1(=O)=O. The molecule has 0 amide bonds. The zero-order valence-corrected chi connectivity index (χ0v) is 6.36. The fraction of sp³-hybridized carbons (Fsp3) is 1.00. The first kappa shape index (κ1) is 7.02. The normalized spacial score (nSPS) is 30.4. The molecule has 0 bridgehead atoms. The molecule has 1 heterocycles. The van der Waals surface area contributed by atoms with E-state index in [0.29, 0.717) is 6.61 Å². The van der Waals surface area contributed by atoms with Crippen LogP contribution in [0.15, 0.2) is 0 Å². The Morgan fingerprint density at radius 2 is 2.00 bits per heavy atom. The third-order valence-corrected chi connectivity index (χ3v) is 3.81. The largest absolute Gasteiger partial charge is 0.364 e. The van der Waals surface area contributed by atoms with E-state index in [9.17, 15) is 8.42 Å². The van der Waals surface area contributed by atoms with Crippen molar-refractivity contribution >= 4 is 9.84 Å². The fourth-order valence-corrected chi connectivity index (χ4v) is 1.53. The van der Waals surface area contributed by atoms with Crippen molar-refractivity contribution in [1.82, 2.24) is 0 Å². The van der Waals surface area contributed by atoms with Crippen molar-refractivity contribution in [3.63, 3.8) is 0 Å². The van der Waals surface area contributed by atoms with Gasteiger partial charge in [-0.25, -0.2) is 8.42 Å². The van der Waals surface area contributed by atoms with Crippen LogP contribution in [0.3, 0.4) is 0 Å². The van der Waals surface area contributed by atoms with Crippen molar-refractivity contribution in [2.75, 3.05) is 12.5 Å². The van der Waals surface area contributed by atoms with Gasteiger partial charge >= 0.3 is 0 Å². The molecular formula is C5H10O3S. The Balaban J connectivity index is 3.03. The standard InChI is InChI=1S/C5H10O3S/c1-5(2)3-8-4-9(5,6)7/h3-4H2,1-2H3. The van der Waals surface area contributed by atoms with E-state index in [1.165, 1.54) is 0 Å². The summed E-state index contributed by atoms with van der Waals surface area (Å²) in [5.74, 6) is -0.111. The van der Waals surface area contributed by atoms with E-state index in [1.54, 1.807) is 13.8 Å². The molecule has 1 aliphatic heterocycles. The maximum absolute atomic E-state index is 11.0. The summed E-state index contributed by atoms with van der Waals surface area (Å²) in [4.78, 5) is 0. The van der Waals surface area contributed by atoms with E-state index in [0.717, 1.165) is 0 Å². The van der Waals surface area contributed by atoms with Gasteiger partial charge in [-0.2, -0.15) is 0 Å². The third kappa shape index (κ3) is 0.966. The first-order valence-electron chi connectivity index (χ1n) is 2.76. The molecule has 1 rings (SSSR count). The summed E-state index contributed by atoms with van der Waals surface area (Å²) < 4.78 is 26.0. The van der Waals surface area contributed by atoms with E-state index in [-0.39, 0.29) is 5.94 Å². The summed E-state index contributed by atoms with van der Waals surface area (Å²) in [6.07, 6.45) is 0. The van der Waals surface area contributed by atoms with Gasteiger partial charge in [-0.15, -0.1) is 0 Å². The topological polar surface area (TPSA) is 43.4 Å². The van der Waals surface area contributed by atoms with E-state index in [4.69, 9.17) is 4.74 Å². The average Bonchev–Trinajstić information content (AvgIpc) is 1.81. The van der Waals surface area contributed by atoms with Gasteiger partial charge in [0, 0.05) is 0 Å². The van der Waals surface area contributed by atoms with Crippen LogP contribution in [0.5, 0.6) is 0 Å². The second kappa shape index (κ2) is 1.70. The van der Waals surface area contributed by atoms with E-state index in [1.807, 2.05) is 0 Å². The van der Waals surface area contributed by atoms with Crippen molar-refractivity contribution < 1.29 is 13.2 Å². The van der Waals surface area contributed by atoms with Crippen LogP contribution in [0, 0.1) is 0 Å². The summed E-state index contributed by atoms with van der Waals surface area (Å²) in [5, 5.41) is 0. The van der Waals surface area contributed by atoms with Crippen molar-refractivity contribution in [3.8, 4) is 0 Å². The number of hydrogen-bond donors (Lipinski definition) is 0. The molecule has 0 aromatic heterocycles. The quantitative estimate of drug-likeness (QED) is 0.494. The fourth-order valence-electron chi connectivity index (χ4n) is 0.646. The maximum Gasteiger partial charge on any atom is 0.181 e. The van der Waals surface area contributed by atoms with Gasteiger partial charge in [-0.05, 0) is 13.8 Å². The molecule has 0 unspecified atom stereocenters. The molecule has 0 aliphatic carbocycles. The summed E-state index contributed by atoms with van der Waals surface area (Å²) >= 11 is 0. The van der Waals surface area contributed by atoms with Crippen molar-refractivity contribution in [3.05, 3.63) is 0 Å². The lowest BCUT2D eigenvalue weighted by atomic mass is 10.2. The molecule has 0 saturated carbocycles. The van der Waals surface area contributed by atoms with E-state index < -0.39 is 14.6 Å². The van der Waals surface area contributed by atoms with Crippen LogP contribution in [0.1, 0.15) is 13.8 Å². The summed E-state index contributed by atoms with van der Waals surface area (Å²) in [7, 11) is -2.95. The second-order valence-electron chi connectivity index (χ2n) is 2.84. The summed E-state index contributed by atoms with van der Waals surface area (Å²) in [6.45, 7) is 3.68. The Morgan fingerprint density at radius 1 is 1.44 bits per heavy atom. The Bertz CT molecular complexity index is 202. The molecule has 0 atom stereocenters. The monoisotopic (exact) mass is 150 g/mol. The predicted molar refractivity (Wildman–Crippen MR) is 33.8 cm³/mol. The first-order valence-corrected chi connectivity index (χ1v) is 4.41. The molecule has 1 fully saturated rings.